The molecule has 0 saturated carbocycles. The number of carbonyl (C=O) groups is 1. The molecule has 0 aromatic carbocycles. The molecule has 8 heteroatoms. The number of carboxylic acids is 1. The maximum Gasteiger partial charge on any atom is 0.328 e. The molecule has 0 amide bonds. The van der Waals surface area contributed by atoms with E-state index in [1.54, 1.807) is 6.07 Å². The van der Waals surface area contributed by atoms with Crippen LogP contribution in [0.25, 0.3) is 0 Å². The molecule has 21 heavy (non-hydrogen) atoms. The SMILES string of the molecule is N#Cc1ccnc(NCCCCCCC(=O)O)c1[N+](=O)[O-]. The van der Waals surface area contributed by atoms with Crippen LogP contribution in [0.1, 0.15) is 37.7 Å². The Bertz CT molecular complexity index is 554. The largest absolute Gasteiger partial charge is 0.481 e. The Morgan fingerprint density at radius 2 is 2.14 bits per heavy atom. The number of pyridine rings is 1. The summed E-state index contributed by atoms with van der Waals surface area (Å²) in [6.45, 7) is 0.482. The quantitative estimate of drug-likeness (QED) is 0.405. The molecule has 0 aliphatic carbocycles. The number of nitrogens with zero attached hydrogens (tertiary/aromatic N) is 3. The van der Waals surface area contributed by atoms with Gasteiger partial charge in [0.1, 0.15) is 11.6 Å². The minimum absolute atomic E-state index is 0.0287. The number of anilines is 1. The molecular formula is C13H16N4O4. The van der Waals surface area contributed by atoms with Crippen LogP contribution in [0.2, 0.25) is 0 Å². The number of aliphatic carboxylic acids is 1. The van der Waals surface area contributed by atoms with Crippen LogP contribution in [0.5, 0.6) is 0 Å². The molecule has 1 aromatic rings. The topological polar surface area (TPSA) is 129 Å². The Morgan fingerprint density at radius 3 is 2.76 bits per heavy atom. The number of hydrogen-bond acceptors (Lipinski definition) is 6. The van der Waals surface area contributed by atoms with Gasteiger partial charge in [0, 0.05) is 19.2 Å². The summed E-state index contributed by atoms with van der Waals surface area (Å²) in [5.74, 6) is -0.717. The van der Waals surface area contributed by atoms with Crippen LogP contribution < -0.4 is 5.32 Å². The summed E-state index contributed by atoms with van der Waals surface area (Å²) in [4.78, 5) is 24.5. The summed E-state index contributed by atoms with van der Waals surface area (Å²) in [7, 11) is 0. The molecule has 8 nitrogen and oxygen atoms in total. The van der Waals surface area contributed by atoms with Crippen molar-refractivity contribution in [1.29, 1.82) is 5.26 Å². The number of aromatic nitrogens is 1. The molecule has 112 valence electrons. The van der Waals surface area contributed by atoms with Gasteiger partial charge in [0.25, 0.3) is 0 Å². The molecule has 0 aliphatic heterocycles. The van der Waals surface area contributed by atoms with Gasteiger partial charge in [-0.15, -0.1) is 0 Å². The molecule has 0 bridgehead atoms. The van der Waals surface area contributed by atoms with Crippen LogP contribution in [0.3, 0.4) is 0 Å². The fourth-order valence-corrected chi connectivity index (χ4v) is 1.82. The molecule has 1 heterocycles. The van der Waals surface area contributed by atoms with E-state index in [1.807, 2.05) is 0 Å². The zero-order valence-corrected chi connectivity index (χ0v) is 11.4. The molecule has 0 fully saturated rings. The number of unbranched alkanes of at least 4 members (excludes halogenated alkanes) is 3. The van der Waals surface area contributed by atoms with Crippen LogP contribution in [0, 0.1) is 21.4 Å². The molecule has 0 atom stereocenters. The van der Waals surface area contributed by atoms with Gasteiger partial charge < -0.3 is 10.4 Å². The van der Waals surface area contributed by atoms with Crippen LogP contribution in [-0.2, 0) is 4.79 Å². The van der Waals surface area contributed by atoms with Crippen molar-refractivity contribution < 1.29 is 14.8 Å². The van der Waals surface area contributed by atoms with Crippen molar-refractivity contribution in [2.45, 2.75) is 32.1 Å². The van der Waals surface area contributed by atoms with E-state index in [1.165, 1.54) is 12.3 Å². The maximum atomic E-state index is 11.0. The van der Waals surface area contributed by atoms with E-state index in [0.717, 1.165) is 19.3 Å². The molecular weight excluding hydrogens is 276 g/mol. The van der Waals surface area contributed by atoms with E-state index in [2.05, 4.69) is 10.3 Å². The average molecular weight is 292 g/mol. The molecule has 0 spiro atoms. The maximum absolute atomic E-state index is 11.0. The zero-order chi connectivity index (χ0) is 15.7. The molecule has 2 N–H and O–H groups in total. The lowest BCUT2D eigenvalue weighted by atomic mass is 10.1. The highest BCUT2D eigenvalue weighted by molar-refractivity contribution is 5.66. The highest BCUT2D eigenvalue weighted by Crippen LogP contribution is 2.25. The zero-order valence-electron chi connectivity index (χ0n) is 11.4. The van der Waals surface area contributed by atoms with Gasteiger partial charge >= 0.3 is 11.7 Å². The Balaban J connectivity index is 2.44. The van der Waals surface area contributed by atoms with Gasteiger partial charge in [0.05, 0.1) is 4.92 Å². The predicted octanol–water partition coefficient (Wildman–Crippen LogP) is 2.31. The smallest absolute Gasteiger partial charge is 0.328 e. The monoisotopic (exact) mass is 292 g/mol. The Morgan fingerprint density at radius 1 is 1.43 bits per heavy atom. The van der Waals surface area contributed by atoms with Crippen LogP contribution >= 0.6 is 0 Å². The van der Waals surface area contributed by atoms with E-state index in [4.69, 9.17) is 10.4 Å². The van der Waals surface area contributed by atoms with Crippen molar-refractivity contribution in [3.63, 3.8) is 0 Å². The summed E-state index contributed by atoms with van der Waals surface area (Å²) < 4.78 is 0. The normalized spacial score (nSPS) is 9.86. The Kier molecular flexibility index (Phi) is 6.60. The van der Waals surface area contributed by atoms with E-state index in [-0.39, 0.29) is 23.5 Å². The first-order valence-electron chi connectivity index (χ1n) is 6.55. The second-order valence-corrected chi connectivity index (χ2v) is 4.41. The van der Waals surface area contributed by atoms with Gasteiger partial charge in [0.2, 0.25) is 5.82 Å². The van der Waals surface area contributed by atoms with Crippen molar-refractivity contribution in [3.05, 3.63) is 27.9 Å². The van der Waals surface area contributed by atoms with Crippen molar-refractivity contribution in [2.24, 2.45) is 0 Å². The first kappa shape index (κ1) is 16.4. The van der Waals surface area contributed by atoms with Crippen molar-refractivity contribution in [2.75, 3.05) is 11.9 Å². The number of rotatable bonds is 9. The lowest BCUT2D eigenvalue weighted by molar-refractivity contribution is -0.384. The van der Waals surface area contributed by atoms with E-state index in [9.17, 15) is 14.9 Å². The first-order chi connectivity index (χ1) is 10.1. The summed E-state index contributed by atoms with van der Waals surface area (Å²) >= 11 is 0. The van der Waals surface area contributed by atoms with Gasteiger partial charge in [-0.1, -0.05) is 12.8 Å². The molecule has 0 radical (unpaired) electrons. The lowest BCUT2D eigenvalue weighted by Crippen LogP contribution is -2.07. The highest BCUT2D eigenvalue weighted by atomic mass is 16.6. The predicted molar refractivity (Wildman–Crippen MR) is 74.8 cm³/mol. The minimum Gasteiger partial charge on any atom is -0.481 e. The molecule has 0 saturated heterocycles. The van der Waals surface area contributed by atoms with Gasteiger partial charge in [0.15, 0.2) is 0 Å². The average Bonchev–Trinajstić information content (AvgIpc) is 2.45. The van der Waals surface area contributed by atoms with Crippen molar-refractivity contribution >= 4 is 17.5 Å². The van der Waals surface area contributed by atoms with E-state index < -0.39 is 10.9 Å². The Hall–Kier alpha value is -2.69. The number of hydrogen-bond donors (Lipinski definition) is 2. The van der Waals surface area contributed by atoms with E-state index >= 15 is 0 Å². The Labute approximate surface area is 121 Å². The van der Waals surface area contributed by atoms with Crippen LogP contribution in [-0.4, -0.2) is 27.5 Å². The summed E-state index contributed by atoms with van der Waals surface area (Å²) in [5.41, 5.74) is -0.343. The second-order valence-electron chi connectivity index (χ2n) is 4.41. The summed E-state index contributed by atoms with van der Waals surface area (Å²) in [5, 5.41) is 31.1. The van der Waals surface area contributed by atoms with Gasteiger partial charge in [-0.25, -0.2) is 4.98 Å². The van der Waals surface area contributed by atoms with E-state index in [0.29, 0.717) is 13.0 Å². The second kappa shape index (κ2) is 8.47. The summed E-state index contributed by atoms with van der Waals surface area (Å²) in [6, 6.07) is 3.07. The first-order valence-corrected chi connectivity index (χ1v) is 6.55. The van der Waals surface area contributed by atoms with Gasteiger partial charge in [-0.2, -0.15) is 5.26 Å². The fourth-order valence-electron chi connectivity index (χ4n) is 1.82. The van der Waals surface area contributed by atoms with Crippen molar-refractivity contribution in [3.8, 4) is 6.07 Å². The van der Waals surface area contributed by atoms with Gasteiger partial charge in [-0.05, 0) is 18.9 Å². The summed E-state index contributed by atoms with van der Waals surface area (Å²) in [6.07, 6.45) is 4.49. The third-order valence-corrected chi connectivity index (χ3v) is 2.84. The third kappa shape index (κ3) is 5.44. The third-order valence-electron chi connectivity index (χ3n) is 2.84. The molecule has 1 rings (SSSR count). The van der Waals surface area contributed by atoms with Crippen LogP contribution in [0.15, 0.2) is 12.3 Å². The lowest BCUT2D eigenvalue weighted by Gasteiger charge is -2.06. The number of carboxylic acid groups (broad SMARTS) is 1. The molecule has 0 aliphatic rings. The van der Waals surface area contributed by atoms with Gasteiger partial charge in [-0.3, -0.25) is 14.9 Å². The number of nitriles is 1. The van der Waals surface area contributed by atoms with Crippen LogP contribution in [0.4, 0.5) is 11.5 Å². The number of nitro groups is 1. The molecule has 0 unspecified atom stereocenters. The fraction of sp³-hybridized carbons (Fsp3) is 0.462. The molecule has 1 aromatic heterocycles. The van der Waals surface area contributed by atoms with Crippen molar-refractivity contribution in [1.82, 2.24) is 4.98 Å². The standard InChI is InChI=1S/C13H16N4O4/c14-9-10-6-8-16-13(12(10)17(20)21)15-7-4-2-1-3-5-11(18)19/h6,8H,1-5,7H2,(H,15,16)(H,18,19). The highest BCUT2D eigenvalue weighted by Gasteiger charge is 2.20. The minimum atomic E-state index is -0.804. The number of nitrogens with one attached hydrogen (secondary N) is 1.